The predicted octanol–water partition coefficient (Wildman–Crippen LogP) is 3.65. The lowest BCUT2D eigenvalue weighted by molar-refractivity contribution is 0.0985. The highest BCUT2D eigenvalue weighted by atomic mass is 35.5. The van der Waals surface area contributed by atoms with E-state index in [2.05, 4.69) is 41.7 Å². The fourth-order valence-electron chi connectivity index (χ4n) is 2.55. The quantitative estimate of drug-likeness (QED) is 0.778. The second-order valence-corrected chi connectivity index (χ2v) is 5.92. The largest absolute Gasteiger partial charge is 0.377 e. The van der Waals surface area contributed by atoms with E-state index in [9.17, 15) is 0 Å². The van der Waals surface area contributed by atoms with E-state index in [1.54, 1.807) is 0 Å². The molecule has 2 atom stereocenters. The first-order valence-electron chi connectivity index (χ1n) is 7.50. The van der Waals surface area contributed by atoms with Gasteiger partial charge in [0.2, 0.25) is 5.28 Å². The van der Waals surface area contributed by atoms with Crippen LogP contribution in [0.15, 0.2) is 6.07 Å². The first-order valence-corrected chi connectivity index (χ1v) is 7.88. The molecule has 0 aliphatic carbocycles. The Bertz CT molecular complexity index is 441. The summed E-state index contributed by atoms with van der Waals surface area (Å²) in [4.78, 5) is 11.1. The van der Waals surface area contributed by atoms with E-state index in [1.165, 1.54) is 12.8 Å². The third-order valence-corrected chi connectivity index (χ3v) is 4.03. The summed E-state index contributed by atoms with van der Waals surface area (Å²) >= 11 is 6.11. The van der Waals surface area contributed by atoms with Gasteiger partial charge in [0.05, 0.1) is 24.9 Å². The SMILES string of the molecule is CCCCC(C)c1cc(N2CCOC[C@H]2C)nc(Cl)n1. The molecule has 1 aliphatic heterocycles. The maximum absolute atomic E-state index is 6.11. The smallest absolute Gasteiger partial charge is 0.224 e. The van der Waals surface area contributed by atoms with E-state index in [-0.39, 0.29) is 0 Å². The van der Waals surface area contributed by atoms with Crippen molar-refractivity contribution in [2.24, 2.45) is 0 Å². The maximum atomic E-state index is 6.11. The van der Waals surface area contributed by atoms with Crippen molar-refractivity contribution in [1.82, 2.24) is 9.97 Å². The van der Waals surface area contributed by atoms with E-state index in [1.807, 2.05) is 0 Å². The fourth-order valence-corrected chi connectivity index (χ4v) is 2.73. The number of aromatic nitrogens is 2. The number of nitrogens with zero attached hydrogens (tertiary/aromatic N) is 3. The van der Waals surface area contributed by atoms with E-state index in [0.717, 1.165) is 37.7 Å². The number of rotatable bonds is 5. The molecule has 0 bridgehead atoms. The molecule has 112 valence electrons. The average molecular weight is 298 g/mol. The van der Waals surface area contributed by atoms with Gasteiger partial charge >= 0.3 is 0 Å². The summed E-state index contributed by atoms with van der Waals surface area (Å²) in [6, 6.07) is 2.42. The predicted molar refractivity (Wildman–Crippen MR) is 82.6 cm³/mol. The Kier molecular flexibility index (Phi) is 5.61. The molecule has 0 amide bonds. The van der Waals surface area contributed by atoms with Crippen molar-refractivity contribution in [3.8, 4) is 0 Å². The van der Waals surface area contributed by atoms with Crippen molar-refractivity contribution in [1.29, 1.82) is 0 Å². The Morgan fingerprint density at radius 2 is 2.30 bits per heavy atom. The summed E-state index contributed by atoms with van der Waals surface area (Å²) in [5.74, 6) is 1.35. The molecular formula is C15H24ClN3O. The summed E-state index contributed by atoms with van der Waals surface area (Å²) < 4.78 is 5.48. The molecule has 1 unspecified atom stereocenters. The van der Waals surface area contributed by atoms with Crippen LogP contribution < -0.4 is 4.90 Å². The second kappa shape index (κ2) is 7.23. The number of hydrogen-bond donors (Lipinski definition) is 0. The van der Waals surface area contributed by atoms with E-state index in [0.29, 0.717) is 17.2 Å². The van der Waals surface area contributed by atoms with Gasteiger partial charge in [-0.05, 0) is 30.9 Å². The van der Waals surface area contributed by atoms with Crippen LogP contribution in [0.2, 0.25) is 5.28 Å². The highest BCUT2D eigenvalue weighted by molar-refractivity contribution is 6.28. The van der Waals surface area contributed by atoms with Crippen molar-refractivity contribution >= 4 is 17.4 Å². The van der Waals surface area contributed by atoms with Gasteiger partial charge in [-0.2, -0.15) is 0 Å². The molecule has 20 heavy (non-hydrogen) atoms. The lowest BCUT2D eigenvalue weighted by Crippen LogP contribution is -2.44. The van der Waals surface area contributed by atoms with Gasteiger partial charge in [0.15, 0.2) is 0 Å². The van der Waals surface area contributed by atoms with Crippen LogP contribution in [0.4, 0.5) is 5.82 Å². The van der Waals surface area contributed by atoms with Gasteiger partial charge in [-0.15, -0.1) is 0 Å². The molecular weight excluding hydrogens is 274 g/mol. The third kappa shape index (κ3) is 3.83. The molecule has 0 spiro atoms. The standard InChI is InChI=1S/C15H24ClN3O/c1-4-5-6-11(2)13-9-14(18-15(16)17-13)19-7-8-20-10-12(19)3/h9,11-12H,4-8,10H2,1-3H3/t11?,12-/m1/s1. The monoisotopic (exact) mass is 297 g/mol. The van der Waals surface area contributed by atoms with Crippen molar-refractivity contribution < 1.29 is 4.74 Å². The molecule has 2 heterocycles. The normalized spacial score (nSPS) is 21.0. The minimum atomic E-state index is 0.327. The molecule has 5 heteroatoms. The van der Waals surface area contributed by atoms with Gasteiger partial charge in [0.1, 0.15) is 5.82 Å². The fraction of sp³-hybridized carbons (Fsp3) is 0.733. The minimum Gasteiger partial charge on any atom is -0.377 e. The van der Waals surface area contributed by atoms with E-state index >= 15 is 0 Å². The van der Waals surface area contributed by atoms with Gasteiger partial charge in [-0.3, -0.25) is 0 Å². The second-order valence-electron chi connectivity index (χ2n) is 5.58. The molecule has 0 aromatic carbocycles. The summed E-state index contributed by atoms with van der Waals surface area (Å²) in [6.45, 7) is 8.91. The molecule has 1 fully saturated rings. The Hall–Kier alpha value is -0.870. The van der Waals surface area contributed by atoms with Crippen LogP contribution in [0, 0.1) is 0 Å². The van der Waals surface area contributed by atoms with Crippen molar-refractivity contribution in [3.63, 3.8) is 0 Å². The van der Waals surface area contributed by atoms with Gasteiger partial charge in [0.25, 0.3) is 0 Å². The first-order chi connectivity index (χ1) is 9.61. The Morgan fingerprint density at radius 3 is 3.00 bits per heavy atom. The zero-order valence-electron chi connectivity index (χ0n) is 12.6. The van der Waals surface area contributed by atoms with E-state index < -0.39 is 0 Å². The molecule has 4 nitrogen and oxygen atoms in total. The highest BCUT2D eigenvalue weighted by Gasteiger charge is 2.22. The van der Waals surface area contributed by atoms with Crippen molar-refractivity contribution in [2.75, 3.05) is 24.7 Å². The van der Waals surface area contributed by atoms with Crippen molar-refractivity contribution in [2.45, 2.75) is 52.0 Å². The number of halogens is 1. The molecule has 1 aliphatic rings. The van der Waals surface area contributed by atoms with Crippen LogP contribution in [-0.4, -0.2) is 35.8 Å². The van der Waals surface area contributed by atoms with Crippen LogP contribution in [0.3, 0.4) is 0 Å². The molecule has 0 saturated carbocycles. The van der Waals surface area contributed by atoms with Gasteiger partial charge in [0, 0.05) is 12.6 Å². The molecule has 0 N–H and O–H groups in total. The Morgan fingerprint density at radius 1 is 1.50 bits per heavy atom. The van der Waals surface area contributed by atoms with Crippen LogP contribution >= 0.6 is 11.6 Å². The molecule has 2 rings (SSSR count). The van der Waals surface area contributed by atoms with Crippen molar-refractivity contribution in [3.05, 3.63) is 17.0 Å². The zero-order valence-corrected chi connectivity index (χ0v) is 13.4. The zero-order chi connectivity index (χ0) is 14.5. The summed E-state index contributed by atoms with van der Waals surface area (Å²) in [7, 11) is 0. The highest BCUT2D eigenvalue weighted by Crippen LogP contribution is 2.26. The van der Waals surface area contributed by atoms with Crippen LogP contribution in [0.1, 0.15) is 51.6 Å². The van der Waals surface area contributed by atoms with Crippen LogP contribution in [0.5, 0.6) is 0 Å². The molecule has 1 aromatic heterocycles. The topological polar surface area (TPSA) is 38.2 Å². The third-order valence-electron chi connectivity index (χ3n) is 3.86. The lowest BCUT2D eigenvalue weighted by atomic mass is 10.0. The van der Waals surface area contributed by atoms with E-state index in [4.69, 9.17) is 16.3 Å². The molecule has 1 saturated heterocycles. The first kappa shape index (κ1) is 15.5. The maximum Gasteiger partial charge on any atom is 0.224 e. The van der Waals surface area contributed by atoms with Crippen LogP contribution in [0.25, 0.3) is 0 Å². The number of ether oxygens (including phenoxy) is 1. The van der Waals surface area contributed by atoms with Gasteiger partial charge in [-0.25, -0.2) is 9.97 Å². The molecule has 0 radical (unpaired) electrons. The summed E-state index contributed by atoms with van der Waals surface area (Å²) in [5.41, 5.74) is 1.05. The van der Waals surface area contributed by atoms with Gasteiger partial charge < -0.3 is 9.64 Å². The number of anilines is 1. The number of morpholine rings is 1. The average Bonchev–Trinajstić information content (AvgIpc) is 2.44. The number of unbranched alkanes of at least 4 members (excludes halogenated alkanes) is 1. The number of hydrogen-bond acceptors (Lipinski definition) is 4. The minimum absolute atomic E-state index is 0.327. The van der Waals surface area contributed by atoms with Gasteiger partial charge in [-0.1, -0.05) is 26.7 Å². The Balaban J connectivity index is 2.19. The Labute approximate surface area is 126 Å². The lowest BCUT2D eigenvalue weighted by Gasteiger charge is -2.34. The summed E-state index contributed by atoms with van der Waals surface area (Å²) in [6.07, 6.45) is 3.56. The molecule has 1 aromatic rings. The van der Waals surface area contributed by atoms with Crippen LogP contribution in [-0.2, 0) is 4.74 Å². The summed E-state index contributed by atoms with van der Waals surface area (Å²) in [5, 5.41) is 0.347.